The Morgan fingerprint density at radius 1 is 1.00 bits per heavy atom. The number of rotatable bonds is 7. The SMILES string of the molecule is CN=C(/C=C\C(=O)CCc1ccccc1)c1ccc(C=O)cc1. The molecule has 0 unspecified atom stereocenters. The summed E-state index contributed by atoms with van der Waals surface area (Å²) < 4.78 is 0. The Morgan fingerprint density at radius 3 is 2.30 bits per heavy atom. The normalized spacial score (nSPS) is 11.6. The molecule has 0 aromatic heterocycles. The third kappa shape index (κ3) is 5.15. The van der Waals surface area contributed by atoms with E-state index >= 15 is 0 Å². The molecule has 0 N–H and O–H groups in total. The van der Waals surface area contributed by atoms with Crippen molar-refractivity contribution in [3.8, 4) is 0 Å². The van der Waals surface area contributed by atoms with E-state index in [2.05, 4.69) is 4.99 Å². The topological polar surface area (TPSA) is 46.5 Å². The van der Waals surface area contributed by atoms with Gasteiger partial charge in [-0.2, -0.15) is 0 Å². The molecule has 0 fully saturated rings. The summed E-state index contributed by atoms with van der Waals surface area (Å²) >= 11 is 0. The maximum atomic E-state index is 12.0. The number of allylic oxidation sites excluding steroid dienone is 2. The average molecular weight is 305 g/mol. The number of hydrogen-bond donors (Lipinski definition) is 0. The first-order valence-electron chi connectivity index (χ1n) is 7.50. The molecule has 0 atom stereocenters. The number of carbonyl (C=O) groups is 2. The maximum absolute atomic E-state index is 12.0. The van der Waals surface area contributed by atoms with Crippen LogP contribution in [-0.2, 0) is 11.2 Å². The molecule has 2 aromatic rings. The summed E-state index contributed by atoms with van der Waals surface area (Å²) in [4.78, 5) is 26.8. The van der Waals surface area contributed by atoms with Gasteiger partial charge in [-0.3, -0.25) is 14.6 Å². The molecular formula is C20H19NO2. The van der Waals surface area contributed by atoms with E-state index in [1.54, 1.807) is 31.3 Å². The molecule has 0 aliphatic heterocycles. The molecule has 0 spiro atoms. The van der Waals surface area contributed by atoms with Crippen LogP contribution >= 0.6 is 0 Å². The Balaban J connectivity index is 1.96. The first-order chi connectivity index (χ1) is 11.2. The second-order valence-electron chi connectivity index (χ2n) is 5.13. The highest BCUT2D eigenvalue weighted by Gasteiger charge is 2.02. The molecule has 0 aliphatic carbocycles. The Bertz CT molecular complexity index is 713. The fourth-order valence-electron chi connectivity index (χ4n) is 2.20. The highest BCUT2D eigenvalue weighted by Crippen LogP contribution is 2.07. The highest BCUT2D eigenvalue weighted by atomic mass is 16.1. The maximum Gasteiger partial charge on any atom is 0.156 e. The van der Waals surface area contributed by atoms with Crippen molar-refractivity contribution in [2.45, 2.75) is 12.8 Å². The minimum Gasteiger partial charge on any atom is -0.298 e. The van der Waals surface area contributed by atoms with Gasteiger partial charge in [-0.05, 0) is 29.7 Å². The van der Waals surface area contributed by atoms with E-state index < -0.39 is 0 Å². The molecule has 0 radical (unpaired) electrons. The molecule has 2 aromatic carbocycles. The Labute approximate surface area is 136 Å². The van der Waals surface area contributed by atoms with Crippen molar-refractivity contribution in [3.05, 3.63) is 83.4 Å². The largest absolute Gasteiger partial charge is 0.298 e. The summed E-state index contributed by atoms with van der Waals surface area (Å²) in [7, 11) is 1.68. The van der Waals surface area contributed by atoms with Crippen LogP contribution in [0.25, 0.3) is 0 Å². The van der Waals surface area contributed by atoms with Crippen molar-refractivity contribution < 1.29 is 9.59 Å². The second kappa shape index (κ2) is 8.59. The molecule has 0 saturated carbocycles. The zero-order valence-corrected chi connectivity index (χ0v) is 13.1. The number of aryl methyl sites for hydroxylation is 1. The lowest BCUT2D eigenvalue weighted by atomic mass is 10.0. The monoisotopic (exact) mass is 305 g/mol. The molecular weight excluding hydrogens is 286 g/mol. The third-order valence-corrected chi connectivity index (χ3v) is 3.51. The van der Waals surface area contributed by atoms with E-state index in [-0.39, 0.29) is 5.78 Å². The van der Waals surface area contributed by atoms with Crippen LogP contribution in [0.5, 0.6) is 0 Å². The van der Waals surface area contributed by atoms with E-state index in [0.29, 0.717) is 12.0 Å². The lowest BCUT2D eigenvalue weighted by Gasteiger charge is -2.01. The van der Waals surface area contributed by atoms with Gasteiger partial charge in [0.15, 0.2) is 5.78 Å². The smallest absolute Gasteiger partial charge is 0.156 e. The van der Waals surface area contributed by atoms with Gasteiger partial charge in [0.1, 0.15) is 6.29 Å². The van der Waals surface area contributed by atoms with Crippen molar-refractivity contribution in [3.63, 3.8) is 0 Å². The number of ketones is 1. The lowest BCUT2D eigenvalue weighted by Crippen LogP contribution is -2.01. The molecule has 0 aliphatic rings. The number of aldehydes is 1. The van der Waals surface area contributed by atoms with Gasteiger partial charge in [0.25, 0.3) is 0 Å². The van der Waals surface area contributed by atoms with Crippen LogP contribution in [0, 0.1) is 0 Å². The molecule has 0 saturated heterocycles. The fourth-order valence-corrected chi connectivity index (χ4v) is 2.20. The van der Waals surface area contributed by atoms with Crippen molar-refractivity contribution in [1.82, 2.24) is 0 Å². The Kier molecular flexibility index (Phi) is 6.18. The Hall–Kier alpha value is -2.81. The van der Waals surface area contributed by atoms with E-state index in [9.17, 15) is 9.59 Å². The molecule has 2 rings (SSSR count). The van der Waals surface area contributed by atoms with Crippen LogP contribution in [-0.4, -0.2) is 24.8 Å². The third-order valence-electron chi connectivity index (χ3n) is 3.51. The summed E-state index contributed by atoms with van der Waals surface area (Å²) in [6.45, 7) is 0. The number of hydrogen-bond acceptors (Lipinski definition) is 3. The van der Waals surface area contributed by atoms with Crippen LogP contribution < -0.4 is 0 Å². The summed E-state index contributed by atoms with van der Waals surface area (Å²) in [5.74, 6) is 0.0690. The fraction of sp³-hybridized carbons (Fsp3) is 0.150. The molecule has 3 heteroatoms. The Morgan fingerprint density at radius 2 is 1.70 bits per heavy atom. The highest BCUT2D eigenvalue weighted by molar-refractivity contribution is 6.11. The van der Waals surface area contributed by atoms with E-state index in [1.807, 2.05) is 42.5 Å². The van der Waals surface area contributed by atoms with Crippen molar-refractivity contribution >= 4 is 17.8 Å². The van der Waals surface area contributed by atoms with Gasteiger partial charge >= 0.3 is 0 Å². The number of benzene rings is 2. The van der Waals surface area contributed by atoms with Crippen LogP contribution in [0.3, 0.4) is 0 Å². The zero-order chi connectivity index (χ0) is 16.5. The van der Waals surface area contributed by atoms with E-state index in [0.717, 1.165) is 29.5 Å². The molecule has 0 bridgehead atoms. The first-order valence-corrected chi connectivity index (χ1v) is 7.50. The number of aliphatic imine (C=N–C) groups is 1. The molecule has 0 amide bonds. The molecule has 23 heavy (non-hydrogen) atoms. The minimum absolute atomic E-state index is 0.0690. The van der Waals surface area contributed by atoms with Gasteiger partial charge in [-0.25, -0.2) is 0 Å². The van der Waals surface area contributed by atoms with Crippen LogP contribution in [0.4, 0.5) is 0 Å². The van der Waals surface area contributed by atoms with Crippen molar-refractivity contribution in [2.75, 3.05) is 7.05 Å². The minimum atomic E-state index is 0.0690. The predicted octanol–water partition coefficient (Wildman–Crippen LogP) is 3.68. The standard InChI is InChI=1S/C20H19NO2/c1-21-20(18-10-7-17(15-22)8-11-18)14-13-19(23)12-9-16-5-3-2-4-6-16/h2-8,10-11,13-15H,9,12H2,1H3/b14-13-,21-20?. The van der Waals surface area contributed by atoms with Crippen LogP contribution in [0.1, 0.15) is 27.9 Å². The number of carbonyl (C=O) groups excluding carboxylic acids is 2. The van der Waals surface area contributed by atoms with Gasteiger partial charge < -0.3 is 0 Å². The van der Waals surface area contributed by atoms with Crippen molar-refractivity contribution in [1.29, 1.82) is 0 Å². The quantitative estimate of drug-likeness (QED) is 0.445. The summed E-state index contributed by atoms with van der Waals surface area (Å²) in [5.41, 5.74) is 3.37. The van der Waals surface area contributed by atoms with E-state index in [4.69, 9.17) is 0 Å². The molecule has 3 nitrogen and oxygen atoms in total. The van der Waals surface area contributed by atoms with Gasteiger partial charge in [0.2, 0.25) is 0 Å². The van der Waals surface area contributed by atoms with Gasteiger partial charge in [0.05, 0.1) is 5.71 Å². The summed E-state index contributed by atoms with van der Waals surface area (Å²) in [5, 5.41) is 0. The van der Waals surface area contributed by atoms with E-state index in [1.165, 1.54) is 0 Å². The van der Waals surface area contributed by atoms with Gasteiger partial charge in [-0.15, -0.1) is 0 Å². The number of nitrogens with zero attached hydrogens (tertiary/aromatic N) is 1. The zero-order valence-electron chi connectivity index (χ0n) is 13.1. The molecule has 0 heterocycles. The van der Waals surface area contributed by atoms with Crippen LogP contribution in [0.15, 0.2) is 71.7 Å². The first kappa shape index (κ1) is 16.6. The second-order valence-corrected chi connectivity index (χ2v) is 5.13. The lowest BCUT2D eigenvalue weighted by molar-refractivity contribution is -0.114. The summed E-state index contributed by atoms with van der Waals surface area (Å²) in [6.07, 6.45) is 5.30. The van der Waals surface area contributed by atoms with Crippen molar-refractivity contribution in [2.24, 2.45) is 4.99 Å². The van der Waals surface area contributed by atoms with Crippen LogP contribution in [0.2, 0.25) is 0 Å². The average Bonchev–Trinajstić information content (AvgIpc) is 2.62. The van der Waals surface area contributed by atoms with Gasteiger partial charge in [-0.1, -0.05) is 54.6 Å². The summed E-state index contributed by atoms with van der Waals surface area (Å²) in [6, 6.07) is 17.1. The van der Waals surface area contributed by atoms with Gasteiger partial charge in [0, 0.05) is 19.0 Å². The molecule has 116 valence electrons. The predicted molar refractivity (Wildman–Crippen MR) is 93.2 cm³/mol.